The third-order valence-electron chi connectivity index (χ3n) is 1.09. The van der Waals surface area contributed by atoms with Crippen LogP contribution in [0.15, 0.2) is 16.7 Å². The number of carbonyl (C=O) groups is 1. The van der Waals surface area contributed by atoms with Gasteiger partial charge in [0.05, 0.1) is 6.26 Å². The van der Waals surface area contributed by atoms with Crippen LogP contribution in [-0.4, -0.2) is 11.1 Å². The van der Waals surface area contributed by atoms with E-state index in [9.17, 15) is 4.79 Å². The van der Waals surface area contributed by atoms with Crippen LogP contribution in [0.1, 0.15) is 16.1 Å². The van der Waals surface area contributed by atoms with Crippen molar-refractivity contribution in [2.45, 2.75) is 6.92 Å². The number of aromatic carboxylic acids is 1. The number of carboxylic acid groups (broad SMARTS) is 1. The second-order valence-electron chi connectivity index (χ2n) is 1.70. The van der Waals surface area contributed by atoms with Gasteiger partial charge >= 0.3 is 5.97 Å². The van der Waals surface area contributed by atoms with Crippen molar-refractivity contribution in [1.29, 1.82) is 0 Å². The van der Waals surface area contributed by atoms with Crippen molar-refractivity contribution in [2.75, 3.05) is 0 Å². The second kappa shape index (κ2) is 3.27. The van der Waals surface area contributed by atoms with Gasteiger partial charge in [0.25, 0.3) is 0 Å². The molecule has 10 heavy (non-hydrogen) atoms. The van der Waals surface area contributed by atoms with Crippen LogP contribution in [0.4, 0.5) is 0 Å². The van der Waals surface area contributed by atoms with Crippen molar-refractivity contribution < 1.29 is 14.3 Å². The van der Waals surface area contributed by atoms with Crippen molar-refractivity contribution in [1.82, 2.24) is 0 Å². The molecule has 0 aromatic carbocycles. The van der Waals surface area contributed by atoms with E-state index in [1.807, 2.05) is 0 Å². The first-order valence-corrected chi connectivity index (χ1v) is 2.49. The molecule has 0 aliphatic carbocycles. The van der Waals surface area contributed by atoms with E-state index >= 15 is 0 Å². The van der Waals surface area contributed by atoms with Crippen molar-refractivity contribution in [3.05, 3.63) is 23.7 Å². The van der Waals surface area contributed by atoms with Gasteiger partial charge in [0.2, 0.25) is 0 Å². The Morgan fingerprint density at radius 1 is 1.70 bits per heavy atom. The number of aryl methyl sites for hydroxylation is 1. The van der Waals surface area contributed by atoms with E-state index in [1.54, 1.807) is 6.92 Å². The van der Waals surface area contributed by atoms with Gasteiger partial charge in [-0.3, -0.25) is 0 Å². The molecule has 0 spiro atoms. The third kappa shape index (κ3) is 1.51. The first kappa shape index (κ1) is 9.04. The molecule has 1 heterocycles. The fourth-order valence-corrected chi connectivity index (χ4v) is 0.607. The number of halogens is 1. The Hall–Kier alpha value is -0.960. The number of rotatable bonds is 1. The van der Waals surface area contributed by atoms with Gasteiger partial charge in [-0.2, -0.15) is 0 Å². The highest BCUT2D eigenvalue weighted by Gasteiger charge is 2.07. The Morgan fingerprint density at radius 3 is 2.50 bits per heavy atom. The van der Waals surface area contributed by atoms with E-state index in [-0.39, 0.29) is 18.0 Å². The molecule has 1 rings (SSSR count). The highest BCUT2D eigenvalue weighted by Crippen LogP contribution is 2.07. The lowest BCUT2D eigenvalue weighted by atomic mass is 10.3. The molecule has 0 aliphatic rings. The van der Waals surface area contributed by atoms with Crippen LogP contribution in [0.3, 0.4) is 0 Å². The van der Waals surface area contributed by atoms with Crippen molar-refractivity contribution >= 4 is 18.4 Å². The normalized spacial score (nSPS) is 8.50. The summed E-state index contributed by atoms with van der Waals surface area (Å²) in [5.41, 5.74) is 0.231. The molecule has 1 N–H and O–H groups in total. The lowest BCUT2D eigenvalue weighted by molar-refractivity contribution is 0.0695. The number of hydrogen-bond acceptors (Lipinski definition) is 2. The minimum Gasteiger partial charge on any atom is -0.478 e. The highest BCUT2D eigenvalue weighted by atomic mass is 35.5. The zero-order chi connectivity index (χ0) is 6.85. The highest BCUT2D eigenvalue weighted by molar-refractivity contribution is 5.88. The second-order valence-corrected chi connectivity index (χ2v) is 1.70. The molecule has 0 radical (unpaired) electrons. The zero-order valence-electron chi connectivity index (χ0n) is 5.33. The largest absolute Gasteiger partial charge is 0.478 e. The van der Waals surface area contributed by atoms with Gasteiger partial charge in [-0.05, 0) is 13.0 Å². The fraction of sp³-hybridized carbons (Fsp3) is 0.167. The van der Waals surface area contributed by atoms with Crippen LogP contribution in [0.5, 0.6) is 0 Å². The van der Waals surface area contributed by atoms with E-state index in [1.165, 1.54) is 12.3 Å². The first-order valence-electron chi connectivity index (χ1n) is 2.49. The van der Waals surface area contributed by atoms with Gasteiger partial charge in [-0.15, -0.1) is 12.4 Å². The maximum Gasteiger partial charge on any atom is 0.339 e. The summed E-state index contributed by atoms with van der Waals surface area (Å²) in [7, 11) is 0. The average molecular weight is 163 g/mol. The number of carboxylic acids is 1. The summed E-state index contributed by atoms with van der Waals surface area (Å²) in [5.74, 6) is -0.497. The van der Waals surface area contributed by atoms with Crippen LogP contribution >= 0.6 is 12.4 Å². The van der Waals surface area contributed by atoms with E-state index in [0.717, 1.165) is 0 Å². The lowest BCUT2D eigenvalue weighted by Crippen LogP contribution is -1.94. The van der Waals surface area contributed by atoms with Crippen molar-refractivity contribution in [2.24, 2.45) is 0 Å². The number of furan rings is 1. The van der Waals surface area contributed by atoms with E-state index in [2.05, 4.69) is 0 Å². The smallest absolute Gasteiger partial charge is 0.339 e. The summed E-state index contributed by atoms with van der Waals surface area (Å²) < 4.78 is 4.74. The van der Waals surface area contributed by atoms with Crippen LogP contribution < -0.4 is 0 Å². The van der Waals surface area contributed by atoms with Gasteiger partial charge in [0.15, 0.2) is 0 Å². The Balaban J connectivity index is 0.000000810. The molecule has 0 saturated heterocycles. The fourth-order valence-electron chi connectivity index (χ4n) is 0.607. The van der Waals surface area contributed by atoms with Crippen molar-refractivity contribution in [3.8, 4) is 0 Å². The number of hydrogen-bond donors (Lipinski definition) is 1. The minimum absolute atomic E-state index is 0. The summed E-state index contributed by atoms with van der Waals surface area (Å²) in [4.78, 5) is 10.2. The Morgan fingerprint density at radius 2 is 2.30 bits per heavy atom. The van der Waals surface area contributed by atoms with E-state index in [4.69, 9.17) is 9.52 Å². The van der Waals surface area contributed by atoms with E-state index < -0.39 is 5.97 Å². The Labute approximate surface area is 64.1 Å². The van der Waals surface area contributed by atoms with Crippen LogP contribution in [0, 0.1) is 6.92 Å². The molecule has 3 nitrogen and oxygen atoms in total. The molecule has 1 aromatic heterocycles. The molecule has 0 fully saturated rings. The molecule has 0 unspecified atom stereocenters. The molecule has 0 bridgehead atoms. The van der Waals surface area contributed by atoms with Gasteiger partial charge in [0.1, 0.15) is 11.3 Å². The quantitative estimate of drug-likeness (QED) is 0.684. The Bertz CT molecular complexity index is 229. The topological polar surface area (TPSA) is 50.4 Å². The van der Waals surface area contributed by atoms with Crippen molar-refractivity contribution in [3.63, 3.8) is 0 Å². The molecule has 56 valence electrons. The molecular weight excluding hydrogens is 156 g/mol. The molecule has 4 heteroatoms. The maximum absolute atomic E-state index is 10.2. The third-order valence-corrected chi connectivity index (χ3v) is 1.09. The predicted octanol–water partition coefficient (Wildman–Crippen LogP) is 1.71. The molecular formula is C6H7ClO3. The predicted molar refractivity (Wildman–Crippen MR) is 37.7 cm³/mol. The summed E-state index contributed by atoms with van der Waals surface area (Å²) >= 11 is 0. The lowest BCUT2D eigenvalue weighted by Gasteiger charge is -1.85. The van der Waals surface area contributed by atoms with Gasteiger partial charge < -0.3 is 9.52 Å². The monoisotopic (exact) mass is 162 g/mol. The van der Waals surface area contributed by atoms with Gasteiger partial charge in [0, 0.05) is 0 Å². The molecule has 0 saturated carbocycles. The minimum atomic E-state index is -0.943. The molecule has 1 aromatic rings. The SMILES string of the molecule is Cc1occc1C(=O)O.Cl. The summed E-state index contributed by atoms with van der Waals surface area (Å²) in [6, 6.07) is 1.43. The standard InChI is InChI=1S/C6H6O3.ClH/c1-4-5(6(7)8)2-3-9-4;/h2-3H,1H3,(H,7,8);1H. The summed E-state index contributed by atoms with van der Waals surface area (Å²) in [5, 5.41) is 8.39. The van der Waals surface area contributed by atoms with Crippen LogP contribution in [0.2, 0.25) is 0 Å². The van der Waals surface area contributed by atoms with E-state index in [0.29, 0.717) is 5.76 Å². The molecule has 0 atom stereocenters. The maximum atomic E-state index is 10.2. The van der Waals surface area contributed by atoms with Crippen LogP contribution in [0.25, 0.3) is 0 Å². The Kier molecular flexibility index (Phi) is 2.96. The molecule has 0 aliphatic heterocycles. The zero-order valence-corrected chi connectivity index (χ0v) is 6.14. The van der Waals surface area contributed by atoms with Gasteiger partial charge in [-0.1, -0.05) is 0 Å². The summed E-state index contributed by atoms with van der Waals surface area (Å²) in [6.45, 7) is 1.61. The first-order chi connectivity index (χ1) is 4.22. The van der Waals surface area contributed by atoms with Gasteiger partial charge in [-0.25, -0.2) is 4.79 Å². The average Bonchev–Trinajstić information content (AvgIpc) is 2.13. The summed E-state index contributed by atoms with van der Waals surface area (Å²) in [6.07, 6.45) is 1.36. The molecule has 0 amide bonds. The van der Waals surface area contributed by atoms with Crippen LogP contribution in [-0.2, 0) is 0 Å².